The molecule has 3 heteroatoms. The summed E-state index contributed by atoms with van der Waals surface area (Å²) in [5.74, 6) is 0.724. The molecule has 0 spiro atoms. The van der Waals surface area contributed by atoms with Crippen LogP contribution in [0.25, 0.3) is 11.1 Å². The first kappa shape index (κ1) is 13.4. The topological polar surface area (TPSA) is 43.8 Å². The molecule has 0 atom stereocenters. The van der Waals surface area contributed by atoms with Crippen LogP contribution in [0.15, 0.2) is 54.6 Å². The van der Waals surface area contributed by atoms with Crippen molar-refractivity contribution in [1.29, 1.82) is 0 Å². The first-order valence-electron chi connectivity index (χ1n) is 7.09. The molecule has 3 aromatic rings. The number of nitrogens with two attached hydrogens (primary N) is 1. The summed E-state index contributed by atoms with van der Waals surface area (Å²) in [4.78, 5) is 0. The quantitative estimate of drug-likeness (QED) is 0.791. The normalized spacial score (nSPS) is 10.8. The van der Waals surface area contributed by atoms with Crippen LogP contribution in [0.1, 0.15) is 16.8 Å². The zero-order chi connectivity index (χ0) is 14.8. The van der Waals surface area contributed by atoms with Crippen molar-refractivity contribution in [3.63, 3.8) is 0 Å². The van der Waals surface area contributed by atoms with Crippen molar-refractivity contribution in [2.24, 2.45) is 0 Å². The van der Waals surface area contributed by atoms with E-state index in [1.807, 2.05) is 29.8 Å². The van der Waals surface area contributed by atoms with Crippen molar-refractivity contribution in [2.75, 3.05) is 5.73 Å². The number of hydrogen-bond acceptors (Lipinski definition) is 2. The zero-order valence-corrected chi connectivity index (χ0v) is 12.4. The van der Waals surface area contributed by atoms with Crippen LogP contribution in [-0.4, -0.2) is 9.78 Å². The van der Waals surface area contributed by atoms with Crippen LogP contribution < -0.4 is 5.73 Å². The summed E-state index contributed by atoms with van der Waals surface area (Å²) in [6, 6.07) is 18.6. The Morgan fingerprint density at radius 2 is 1.76 bits per heavy atom. The van der Waals surface area contributed by atoms with Gasteiger partial charge in [-0.15, -0.1) is 0 Å². The van der Waals surface area contributed by atoms with E-state index in [4.69, 9.17) is 5.73 Å². The Balaban J connectivity index is 2.01. The van der Waals surface area contributed by atoms with E-state index in [0.29, 0.717) is 6.54 Å². The lowest BCUT2D eigenvalue weighted by Gasteiger charge is -2.06. The summed E-state index contributed by atoms with van der Waals surface area (Å²) < 4.78 is 1.88. The van der Waals surface area contributed by atoms with Gasteiger partial charge in [0.05, 0.1) is 12.2 Å². The third-order valence-electron chi connectivity index (χ3n) is 3.65. The Morgan fingerprint density at radius 1 is 1.00 bits per heavy atom. The van der Waals surface area contributed by atoms with Crippen LogP contribution in [0.3, 0.4) is 0 Å². The zero-order valence-electron chi connectivity index (χ0n) is 12.4. The van der Waals surface area contributed by atoms with E-state index in [1.54, 1.807) is 0 Å². The van der Waals surface area contributed by atoms with Crippen molar-refractivity contribution in [2.45, 2.75) is 20.4 Å². The predicted molar refractivity (Wildman–Crippen MR) is 87.1 cm³/mol. The van der Waals surface area contributed by atoms with Gasteiger partial charge in [0.15, 0.2) is 0 Å². The van der Waals surface area contributed by atoms with Gasteiger partial charge in [-0.05, 0) is 25.0 Å². The Kier molecular flexibility index (Phi) is 3.48. The Bertz CT molecular complexity index is 757. The van der Waals surface area contributed by atoms with Crippen LogP contribution in [-0.2, 0) is 6.54 Å². The van der Waals surface area contributed by atoms with Crippen molar-refractivity contribution in [3.8, 4) is 11.1 Å². The molecule has 0 unspecified atom stereocenters. The molecule has 1 heterocycles. The van der Waals surface area contributed by atoms with Gasteiger partial charge in [-0.3, -0.25) is 0 Å². The largest absolute Gasteiger partial charge is 0.383 e. The highest BCUT2D eigenvalue weighted by Gasteiger charge is 2.14. The standard InChI is InChI=1S/C18H19N3/c1-13-7-6-10-16(11-13)17-14(2)20-21(18(17)19)12-15-8-4-3-5-9-15/h3-11H,12,19H2,1-2H3. The van der Waals surface area contributed by atoms with Gasteiger partial charge in [0, 0.05) is 5.56 Å². The molecule has 2 aromatic carbocycles. The Labute approximate surface area is 125 Å². The lowest BCUT2D eigenvalue weighted by atomic mass is 10.0. The second-order valence-electron chi connectivity index (χ2n) is 5.36. The summed E-state index contributed by atoms with van der Waals surface area (Å²) in [6.45, 7) is 4.79. The molecule has 3 rings (SSSR count). The molecule has 0 saturated carbocycles. The number of aromatic nitrogens is 2. The summed E-state index contributed by atoms with van der Waals surface area (Å²) >= 11 is 0. The van der Waals surface area contributed by atoms with E-state index < -0.39 is 0 Å². The maximum Gasteiger partial charge on any atom is 0.130 e. The van der Waals surface area contributed by atoms with Gasteiger partial charge in [0.2, 0.25) is 0 Å². The minimum Gasteiger partial charge on any atom is -0.383 e. The molecule has 0 radical (unpaired) electrons. The highest BCUT2D eigenvalue weighted by molar-refractivity contribution is 5.76. The fourth-order valence-corrected chi connectivity index (χ4v) is 2.63. The number of hydrogen-bond donors (Lipinski definition) is 1. The fraction of sp³-hybridized carbons (Fsp3) is 0.167. The van der Waals surface area contributed by atoms with Crippen molar-refractivity contribution >= 4 is 5.82 Å². The van der Waals surface area contributed by atoms with Gasteiger partial charge < -0.3 is 5.73 Å². The molecule has 0 bridgehead atoms. The first-order chi connectivity index (χ1) is 10.1. The Morgan fingerprint density at radius 3 is 2.48 bits per heavy atom. The van der Waals surface area contributed by atoms with Gasteiger partial charge in [-0.25, -0.2) is 4.68 Å². The van der Waals surface area contributed by atoms with Gasteiger partial charge in [-0.2, -0.15) is 5.10 Å². The first-order valence-corrected chi connectivity index (χ1v) is 7.09. The Hall–Kier alpha value is -2.55. The molecule has 0 fully saturated rings. The summed E-state index contributed by atoms with van der Waals surface area (Å²) in [5, 5.41) is 4.60. The van der Waals surface area contributed by atoms with Crippen LogP contribution >= 0.6 is 0 Å². The molecule has 0 amide bonds. The van der Waals surface area contributed by atoms with Crippen LogP contribution in [0.2, 0.25) is 0 Å². The number of nitrogen functional groups attached to an aromatic ring is 1. The SMILES string of the molecule is Cc1cccc(-c2c(C)nn(Cc3ccccc3)c2N)c1. The van der Waals surface area contributed by atoms with Gasteiger partial charge in [-0.1, -0.05) is 60.2 Å². The van der Waals surface area contributed by atoms with E-state index in [2.05, 4.69) is 48.4 Å². The van der Waals surface area contributed by atoms with E-state index in [1.165, 1.54) is 11.1 Å². The van der Waals surface area contributed by atoms with Crippen molar-refractivity contribution in [3.05, 3.63) is 71.4 Å². The molecule has 106 valence electrons. The van der Waals surface area contributed by atoms with Crippen LogP contribution in [0, 0.1) is 13.8 Å². The monoisotopic (exact) mass is 277 g/mol. The highest BCUT2D eigenvalue weighted by atomic mass is 15.3. The number of benzene rings is 2. The second-order valence-corrected chi connectivity index (χ2v) is 5.36. The summed E-state index contributed by atoms with van der Waals surface area (Å²) in [6.07, 6.45) is 0. The molecule has 3 nitrogen and oxygen atoms in total. The number of nitrogens with zero attached hydrogens (tertiary/aromatic N) is 2. The van der Waals surface area contributed by atoms with Gasteiger partial charge in [0.25, 0.3) is 0 Å². The molecule has 0 saturated heterocycles. The average molecular weight is 277 g/mol. The molecular weight excluding hydrogens is 258 g/mol. The molecular formula is C18H19N3. The number of anilines is 1. The van der Waals surface area contributed by atoms with Crippen molar-refractivity contribution in [1.82, 2.24) is 9.78 Å². The minimum atomic E-state index is 0.694. The molecule has 0 aliphatic heterocycles. The molecule has 2 N–H and O–H groups in total. The van der Waals surface area contributed by atoms with Crippen molar-refractivity contribution < 1.29 is 0 Å². The molecule has 21 heavy (non-hydrogen) atoms. The lowest BCUT2D eigenvalue weighted by Crippen LogP contribution is -2.06. The number of aryl methyl sites for hydroxylation is 2. The third-order valence-corrected chi connectivity index (χ3v) is 3.65. The fourth-order valence-electron chi connectivity index (χ4n) is 2.63. The minimum absolute atomic E-state index is 0.694. The average Bonchev–Trinajstić information content (AvgIpc) is 2.74. The van der Waals surface area contributed by atoms with Gasteiger partial charge in [0.1, 0.15) is 5.82 Å². The summed E-state index contributed by atoms with van der Waals surface area (Å²) in [5.41, 5.74) is 11.9. The molecule has 1 aromatic heterocycles. The van der Waals surface area contributed by atoms with E-state index in [-0.39, 0.29) is 0 Å². The second kappa shape index (κ2) is 5.44. The molecule has 0 aliphatic carbocycles. The van der Waals surface area contributed by atoms with E-state index in [0.717, 1.165) is 22.6 Å². The maximum absolute atomic E-state index is 6.33. The molecule has 0 aliphatic rings. The number of rotatable bonds is 3. The van der Waals surface area contributed by atoms with Crippen LogP contribution in [0.4, 0.5) is 5.82 Å². The van der Waals surface area contributed by atoms with E-state index >= 15 is 0 Å². The van der Waals surface area contributed by atoms with Gasteiger partial charge >= 0.3 is 0 Å². The predicted octanol–water partition coefficient (Wildman–Crippen LogP) is 3.80. The maximum atomic E-state index is 6.33. The van der Waals surface area contributed by atoms with E-state index in [9.17, 15) is 0 Å². The highest BCUT2D eigenvalue weighted by Crippen LogP contribution is 2.30. The lowest BCUT2D eigenvalue weighted by molar-refractivity contribution is 0.689. The third kappa shape index (κ3) is 2.68. The summed E-state index contributed by atoms with van der Waals surface area (Å²) in [7, 11) is 0. The smallest absolute Gasteiger partial charge is 0.130 e. The van der Waals surface area contributed by atoms with Crippen LogP contribution in [0.5, 0.6) is 0 Å².